The molecule has 0 spiro atoms. The standard InChI is InChI=1S/C11H9BrFNO2/c12-7-1-2-9(13)8(5-7)6-3-10(15)14-11(16)4-6/h1-2,5-6H,3-4H2,(H,14,15,16). The van der Waals surface area contributed by atoms with E-state index in [0.717, 1.165) is 4.47 Å². The fraction of sp³-hybridized carbons (Fsp3) is 0.273. The number of piperidine rings is 1. The molecule has 1 aromatic carbocycles. The van der Waals surface area contributed by atoms with Crippen LogP contribution in [-0.2, 0) is 9.59 Å². The quantitative estimate of drug-likeness (QED) is 0.804. The summed E-state index contributed by atoms with van der Waals surface area (Å²) in [5.41, 5.74) is 0.414. The number of imide groups is 1. The highest BCUT2D eigenvalue weighted by molar-refractivity contribution is 9.10. The van der Waals surface area contributed by atoms with Gasteiger partial charge in [-0.1, -0.05) is 15.9 Å². The van der Waals surface area contributed by atoms with Crippen LogP contribution in [0.2, 0.25) is 0 Å². The van der Waals surface area contributed by atoms with Gasteiger partial charge in [0.05, 0.1) is 0 Å². The van der Waals surface area contributed by atoms with Crippen LogP contribution < -0.4 is 5.32 Å². The van der Waals surface area contributed by atoms with Gasteiger partial charge in [-0.2, -0.15) is 0 Å². The summed E-state index contributed by atoms with van der Waals surface area (Å²) < 4.78 is 14.3. The molecule has 1 heterocycles. The van der Waals surface area contributed by atoms with Crippen molar-refractivity contribution in [2.45, 2.75) is 18.8 Å². The lowest BCUT2D eigenvalue weighted by atomic mass is 9.89. The Morgan fingerprint density at radius 3 is 2.50 bits per heavy atom. The molecule has 84 valence electrons. The van der Waals surface area contributed by atoms with E-state index in [-0.39, 0.29) is 36.4 Å². The summed E-state index contributed by atoms with van der Waals surface area (Å²) in [6.07, 6.45) is 0.304. The van der Waals surface area contributed by atoms with Gasteiger partial charge in [0.15, 0.2) is 0 Å². The van der Waals surface area contributed by atoms with Crippen molar-refractivity contribution in [3.63, 3.8) is 0 Å². The van der Waals surface area contributed by atoms with Crippen molar-refractivity contribution in [2.24, 2.45) is 0 Å². The maximum Gasteiger partial charge on any atom is 0.227 e. The van der Waals surface area contributed by atoms with Gasteiger partial charge in [0.2, 0.25) is 11.8 Å². The monoisotopic (exact) mass is 285 g/mol. The number of nitrogens with one attached hydrogen (secondary N) is 1. The van der Waals surface area contributed by atoms with Gasteiger partial charge >= 0.3 is 0 Å². The zero-order valence-electron chi connectivity index (χ0n) is 8.30. The lowest BCUT2D eigenvalue weighted by molar-refractivity contribution is -0.133. The van der Waals surface area contributed by atoms with Crippen LogP contribution in [-0.4, -0.2) is 11.8 Å². The Kier molecular flexibility index (Phi) is 3.05. The molecular weight excluding hydrogens is 277 g/mol. The van der Waals surface area contributed by atoms with Gasteiger partial charge in [0.1, 0.15) is 5.82 Å². The molecule has 2 rings (SSSR count). The Hall–Kier alpha value is -1.23. The van der Waals surface area contributed by atoms with Gasteiger partial charge in [-0.25, -0.2) is 4.39 Å². The fourth-order valence-electron chi connectivity index (χ4n) is 1.82. The van der Waals surface area contributed by atoms with E-state index < -0.39 is 0 Å². The van der Waals surface area contributed by atoms with Crippen LogP contribution >= 0.6 is 15.9 Å². The number of amides is 2. The van der Waals surface area contributed by atoms with E-state index in [9.17, 15) is 14.0 Å². The van der Waals surface area contributed by atoms with Crippen LogP contribution in [0.4, 0.5) is 4.39 Å². The molecule has 0 bridgehead atoms. The first-order valence-corrected chi connectivity index (χ1v) is 5.63. The minimum Gasteiger partial charge on any atom is -0.296 e. The molecule has 2 amide bonds. The summed E-state index contributed by atoms with van der Waals surface area (Å²) in [7, 11) is 0. The van der Waals surface area contributed by atoms with E-state index in [1.165, 1.54) is 6.07 Å². The molecule has 0 atom stereocenters. The third-order valence-electron chi connectivity index (χ3n) is 2.54. The first-order chi connectivity index (χ1) is 7.56. The summed E-state index contributed by atoms with van der Waals surface area (Å²) in [5.74, 6) is -1.43. The highest BCUT2D eigenvalue weighted by atomic mass is 79.9. The van der Waals surface area contributed by atoms with Gasteiger partial charge in [-0.05, 0) is 23.8 Å². The maximum atomic E-state index is 13.5. The maximum absolute atomic E-state index is 13.5. The molecule has 1 aromatic rings. The molecule has 3 nitrogen and oxygen atoms in total. The summed E-state index contributed by atoms with van der Waals surface area (Å²) in [6.45, 7) is 0. The SMILES string of the molecule is O=C1CC(c2cc(Br)ccc2F)CC(=O)N1. The third kappa shape index (κ3) is 2.29. The lowest BCUT2D eigenvalue weighted by Gasteiger charge is -2.21. The van der Waals surface area contributed by atoms with Crippen molar-refractivity contribution >= 4 is 27.7 Å². The minimum atomic E-state index is -0.379. The zero-order valence-corrected chi connectivity index (χ0v) is 9.88. The third-order valence-corrected chi connectivity index (χ3v) is 3.03. The second-order valence-electron chi connectivity index (χ2n) is 3.74. The fourth-order valence-corrected chi connectivity index (χ4v) is 2.20. The van der Waals surface area contributed by atoms with E-state index in [2.05, 4.69) is 21.2 Å². The Morgan fingerprint density at radius 1 is 1.25 bits per heavy atom. The van der Waals surface area contributed by atoms with Crippen molar-refractivity contribution in [3.05, 3.63) is 34.1 Å². The Balaban J connectivity index is 2.32. The Bertz CT molecular complexity index is 445. The minimum absolute atomic E-state index is 0.152. The highest BCUT2D eigenvalue weighted by Crippen LogP contribution is 2.30. The van der Waals surface area contributed by atoms with Crippen LogP contribution in [0.25, 0.3) is 0 Å². The number of rotatable bonds is 1. The molecule has 0 radical (unpaired) electrons. The first-order valence-electron chi connectivity index (χ1n) is 4.84. The van der Waals surface area contributed by atoms with Crippen molar-refractivity contribution in [1.29, 1.82) is 0 Å². The molecular formula is C11H9BrFNO2. The largest absolute Gasteiger partial charge is 0.296 e. The summed E-state index contributed by atoms with van der Waals surface area (Å²) in [6, 6.07) is 4.53. The first kappa shape index (κ1) is 11.3. The van der Waals surface area contributed by atoms with E-state index >= 15 is 0 Å². The molecule has 1 N–H and O–H groups in total. The van der Waals surface area contributed by atoms with E-state index in [0.29, 0.717) is 5.56 Å². The number of hydrogen-bond donors (Lipinski definition) is 1. The number of carbonyl (C=O) groups is 2. The average Bonchev–Trinajstić information content (AvgIpc) is 2.20. The second kappa shape index (κ2) is 4.33. The normalized spacial score (nSPS) is 17.4. The van der Waals surface area contributed by atoms with Crippen LogP contribution in [0.15, 0.2) is 22.7 Å². The highest BCUT2D eigenvalue weighted by Gasteiger charge is 2.27. The number of benzene rings is 1. The summed E-state index contributed by atoms with van der Waals surface area (Å²) in [5, 5.41) is 2.20. The predicted octanol–water partition coefficient (Wildman–Crippen LogP) is 2.11. The summed E-state index contributed by atoms with van der Waals surface area (Å²) >= 11 is 3.24. The smallest absolute Gasteiger partial charge is 0.227 e. The van der Waals surface area contributed by atoms with E-state index in [4.69, 9.17) is 0 Å². The van der Waals surface area contributed by atoms with Gasteiger partial charge in [-0.3, -0.25) is 14.9 Å². The number of halogens is 2. The predicted molar refractivity (Wildman–Crippen MR) is 59.2 cm³/mol. The molecule has 1 aliphatic heterocycles. The second-order valence-corrected chi connectivity index (χ2v) is 4.66. The van der Waals surface area contributed by atoms with E-state index in [1.807, 2.05) is 0 Å². The van der Waals surface area contributed by atoms with Gasteiger partial charge in [0.25, 0.3) is 0 Å². The molecule has 0 unspecified atom stereocenters. The zero-order chi connectivity index (χ0) is 11.7. The molecule has 0 saturated carbocycles. The van der Waals surface area contributed by atoms with Crippen molar-refractivity contribution in [2.75, 3.05) is 0 Å². The van der Waals surface area contributed by atoms with Crippen LogP contribution in [0.3, 0.4) is 0 Å². The van der Waals surface area contributed by atoms with E-state index in [1.54, 1.807) is 12.1 Å². The van der Waals surface area contributed by atoms with Crippen molar-refractivity contribution in [3.8, 4) is 0 Å². The van der Waals surface area contributed by atoms with Gasteiger partial charge in [-0.15, -0.1) is 0 Å². The lowest BCUT2D eigenvalue weighted by Crippen LogP contribution is -2.37. The summed E-state index contributed by atoms with van der Waals surface area (Å²) in [4.78, 5) is 22.4. The topological polar surface area (TPSA) is 46.2 Å². The van der Waals surface area contributed by atoms with Gasteiger partial charge in [0, 0.05) is 23.2 Å². The Morgan fingerprint density at radius 2 is 1.88 bits per heavy atom. The Labute approximate surface area is 100 Å². The molecule has 1 fully saturated rings. The van der Waals surface area contributed by atoms with Crippen molar-refractivity contribution < 1.29 is 14.0 Å². The van der Waals surface area contributed by atoms with Crippen LogP contribution in [0, 0.1) is 5.82 Å². The molecule has 0 aromatic heterocycles. The molecule has 16 heavy (non-hydrogen) atoms. The van der Waals surface area contributed by atoms with Gasteiger partial charge < -0.3 is 0 Å². The van der Waals surface area contributed by atoms with Crippen molar-refractivity contribution in [1.82, 2.24) is 5.32 Å². The average molecular weight is 286 g/mol. The molecule has 1 saturated heterocycles. The number of carbonyl (C=O) groups excluding carboxylic acids is 2. The number of hydrogen-bond acceptors (Lipinski definition) is 2. The molecule has 5 heteroatoms. The molecule has 1 aliphatic rings. The van der Waals surface area contributed by atoms with Crippen LogP contribution in [0.1, 0.15) is 24.3 Å². The van der Waals surface area contributed by atoms with Crippen LogP contribution in [0.5, 0.6) is 0 Å². The molecule has 0 aliphatic carbocycles.